The van der Waals surface area contributed by atoms with Crippen LogP contribution in [0.1, 0.15) is 78.1 Å². The quantitative estimate of drug-likeness (QED) is 0.553. The summed E-state index contributed by atoms with van der Waals surface area (Å²) in [7, 11) is 0. The standard InChI is InChI=1S/C20H32O/c1-19-10-3-4-17(19)16-8-7-15-6-5-14(13-21)12-20(15,2)18(16)9-11-19/h13,15-18,21H,3-12H2,1-2H3/t15?,16-,17-,18+,19-,20-/m0/s1. The Kier molecular flexibility index (Phi) is 3.21. The van der Waals surface area contributed by atoms with Gasteiger partial charge in [-0.2, -0.15) is 0 Å². The van der Waals surface area contributed by atoms with Crippen molar-refractivity contribution in [2.45, 2.75) is 78.1 Å². The van der Waals surface area contributed by atoms with Crippen molar-refractivity contribution in [2.24, 2.45) is 34.5 Å². The number of aliphatic hydroxyl groups excluding tert-OH is 1. The van der Waals surface area contributed by atoms with Crippen LogP contribution in [0, 0.1) is 34.5 Å². The molecular weight excluding hydrogens is 256 g/mol. The van der Waals surface area contributed by atoms with Crippen LogP contribution in [0.4, 0.5) is 0 Å². The number of fused-ring (bicyclic) bond motifs is 5. The monoisotopic (exact) mass is 288 g/mol. The molecule has 118 valence electrons. The number of allylic oxidation sites excluding steroid dienone is 1. The van der Waals surface area contributed by atoms with Gasteiger partial charge in [0.2, 0.25) is 0 Å². The van der Waals surface area contributed by atoms with Crippen molar-refractivity contribution < 1.29 is 5.11 Å². The van der Waals surface area contributed by atoms with Gasteiger partial charge in [0, 0.05) is 0 Å². The predicted octanol–water partition coefficient (Wildman–Crippen LogP) is 5.86. The fourth-order valence-electron chi connectivity index (χ4n) is 7.32. The van der Waals surface area contributed by atoms with Crippen molar-refractivity contribution in [3.8, 4) is 0 Å². The van der Waals surface area contributed by atoms with E-state index in [1.807, 2.05) is 0 Å². The lowest BCUT2D eigenvalue weighted by atomic mass is 9.45. The third-order valence-electron chi connectivity index (χ3n) is 8.45. The van der Waals surface area contributed by atoms with E-state index in [0.717, 1.165) is 30.1 Å². The van der Waals surface area contributed by atoms with E-state index in [1.165, 1.54) is 69.6 Å². The Labute approximate surface area is 130 Å². The molecule has 1 nitrogen and oxygen atoms in total. The van der Waals surface area contributed by atoms with Crippen molar-refractivity contribution >= 4 is 0 Å². The molecular formula is C20H32O. The maximum Gasteiger partial charge on any atom is 0.0783 e. The van der Waals surface area contributed by atoms with E-state index in [0.29, 0.717) is 10.8 Å². The van der Waals surface area contributed by atoms with Crippen LogP contribution >= 0.6 is 0 Å². The number of hydrogen-bond donors (Lipinski definition) is 1. The Morgan fingerprint density at radius 1 is 1.00 bits per heavy atom. The largest absolute Gasteiger partial charge is 0.516 e. The highest BCUT2D eigenvalue weighted by Gasteiger charge is 2.57. The highest BCUT2D eigenvalue weighted by atomic mass is 16.2. The second-order valence-corrected chi connectivity index (χ2v) is 9.24. The van der Waals surface area contributed by atoms with Crippen LogP contribution < -0.4 is 0 Å². The summed E-state index contributed by atoms with van der Waals surface area (Å²) in [6, 6.07) is 0. The lowest BCUT2D eigenvalue weighted by molar-refractivity contribution is -0.0949. The maximum atomic E-state index is 9.52. The first-order valence-corrected chi connectivity index (χ1v) is 9.39. The summed E-state index contributed by atoms with van der Waals surface area (Å²) in [6.07, 6.45) is 15.5. The predicted molar refractivity (Wildman–Crippen MR) is 87.1 cm³/mol. The van der Waals surface area contributed by atoms with Gasteiger partial charge in [-0.15, -0.1) is 0 Å². The first-order chi connectivity index (χ1) is 10.1. The molecule has 0 aromatic rings. The van der Waals surface area contributed by atoms with Gasteiger partial charge in [0.1, 0.15) is 0 Å². The van der Waals surface area contributed by atoms with Crippen LogP contribution in [0.3, 0.4) is 0 Å². The molecule has 1 N–H and O–H groups in total. The fraction of sp³-hybridized carbons (Fsp3) is 0.900. The van der Waals surface area contributed by atoms with Gasteiger partial charge < -0.3 is 5.11 Å². The third kappa shape index (κ3) is 1.95. The van der Waals surface area contributed by atoms with Gasteiger partial charge in [-0.3, -0.25) is 0 Å². The Morgan fingerprint density at radius 3 is 2.67 bits per heavy atom. The zero-order valence-electron chi connectivity index (χ0n) is 13.9. The Hall–Kier alpha value is -0.460. The normalized spacial score (nSPS) is 54.9. The molecule has 0 aromatic heterocycles. The number of rotatable bonds is 0. The second-order valence-electron chi connectivity index (χ2n) is 9.24. The summed E-state index contributed by atoms with van der Waals surface area (Å²) in [5, 5.41) is 9.52. The van der Waals surface area contributed by atoms with Gasteiger partial charge >= 0.3 is 0 Å². The van der Waals surface area contributed by atoms with Crippen molar-refractivity contribution in [3.63, 3.8) is 0 Å². The fourth-order valence-corrected chi connectivity index (χ4v) is 7.32. The SMILES string of the molecule is C[C@@]12CCC[C@H]1[C@@H]1CCC3CCC(=CO)C[C@]3(C)[C@@H]1CC2. The molecule has 4 aliphatic rings. The van der Waals surface area contributed by atoms with E-state index in [1.54, 1.807) is 0 Å². The van der Waals surface area contributed by atoms with E-state index in [-0.39, 0.29) is 0 Å². The topological polar surface area (TPSA) is 20.2 Å². The van der Waals surface area contributed by atoms with E-state index >= 15 is 0 Å². The van der Waals surface area contributed by atoms with Gasteiger partial charge in [0.05, 0.1) is 6.26 Å². The smallest absolute Gasteiger partial charge is 0.0783 e. The van der Waals surface area contributed by atoms with Gasteiger partial charge in [0.15, 0.2) is 0 Å². The van der Waals surface area contributed by atoms with Gasteiger partial charge in [-0.05, 0) is 97.9 Å². The summed E-state index contributed by atoms with van der Waals surface area (Å²) in [4.78, 5) is 0. The minimum Gasteiger partial charge on any atom is -0.516 e. The third-order valence-corrected chi connectivity index (χ3v) is 8.45. The van der Waals surface area contributed by atoms with E-state index in [9.17, 15) is 5.11 Å². The lowest BCUT2D eigenvalue weighted by Crippen LogP contribution is -2.52. The summed E-state index contributed by atoms with van der Waals surface area (Å²) >= 11 is 0. The molecule has 1 heteroatoms. The summed E-state index contributed by atoms with van der Waals surface area (Å²) in [6.45, 7) is 5.17. The van der Waals surface area contributed by atoms with Crippen molar-refractivity contribution in [1.82, 2.24) is 0 Å². The molecule has 4 rings (SSSR count). The van der Waals surface area contributed by atoms with Crippen LogP contribution in [-0.4, -0.2) is 5.11 Å². The average molecular weight is 288 g/mol. The van der Waals surface area contributed by atoms with Gasteiger partial charge in [-0.25, -0.2) is 0 Å². The van der Waals surface area contributed by atoms with Gasteiger partial charge in [-0.1, -0.05) is 20.3 Å². The molecule has 0 spiro atoms. The van der Waals surface area contributed by atoms with E-state index < -0.39 is 0 Å². The average Bonchev–Trinajstić information content (AvgIpc) is 2.87. The Morgan fingerprint density at radius 2 is 1.86 bits per heavy atom. The summed E-state index contributed by atoms with van der Waals surface area (Å²) < 4.78 is 0. The molecule has 4 fully saturated rings. The molecule has 6 atom stereocenters. The number of hydrogen-bond acceptors (Lipinski definition) is 1. The molecule has 0 heterocycles. The molecule has 21 heavy (non-hydrogen) atoms. The van der Waals surface area contributed by atoms with Gasteiger partial charge in [0.25, 0.3) is 0 Å². The molecule has 4 saturated carbocycles. The first kappa shape index (κ1) is 14.2. The van der Waals surface area contributed by atoms with E-state index in [2.05, 4.69) is 13.8 Å². The van der Waals surface area contributed by atoms with Crippen LogP contribution in [0.15, 0.2) is 11.8 Å². The zero-order chi connectivity index (χ0) is 14.7. The first-order valence-electron chi connectivity index (χ1n) is 9.39. The van der Waals surface area contributed by atoms with Crippen LogP contribution in [0.5, 0.6) is 0 Å². The summed E-state index contributed by atoms with van der Waals surface area (Å²) in [5.74, 6) is 3.86. The van der Waals surface area contributed by atoms with Crippen LogP contribution in [-0.2, 0) is 0 Å². The molecule has 0 aromatic carbocycles. The minimum absolute atomic E-state index is 0.486. The zero-order valence-corrected chi connectivity index (χ0v) is 13.9. The minimum atomic E-state index is 0.486. The summed E-state index contributed by atoms with van der Waals surface area (Å²) in [5.41, 5.74) is 2.49. The number of aliphatic hydroxyl groups is 1. The highest BCUT2D eigenvalue weighted by molar-refractivity contribution is 5.14. The molecule has 0 bridgehead atoms. The Bertz CT molecular complexity index is 453. The molecule has 1 unspecified atom stereocenters. The lowest BCUT2D eigenvalue weighted by Gasteiger charge is -2.60. The molecule has 0 saturated heterocycles. The van der Waals surface area contributed by atoms with E-state index in [4.69, 9.17) is 0 Å². The second kappa shape index (κ2) is 4.77. The Balaban J connectivity index is 1.65. The highest BCUT2D eigenvalue weighted by Crippen LogP contribution is 2.66. The molecule has 0 radical (unpaired) electrons. The van der Waals surface area contributed by atoms with Crippen LogP contribution in [0.25, 0.3) is 0 Å². The maximum absolute atomic E-state index is 9.52. The van der Waals surface area contributed by atoms with Crippen molar-refractivity contribution in [1.29, 1.82) is 0 Å². The molecule has 4 aliphatic carbocycles. The van der Waals surface area contributed by atoms with Crippen molar-refractivity contribution in [2.75, 3.05) is 0 Å². The molecule has 0 amide bonds. The van der Waals surface area contributed by atoms with Crippen molar-refractivity contribution in [3.05, 3.63) is 11.8 Å². The van der Waals surface area contributed by atoms with Crippen LogP contribution in [0.2, 0.25) is 0 Å². The molecule has 0 aliphatic heterocycles.